The Kier molecular flexibility index (Phi) is 3.46. The molecule has 5 heteroatoms. The topological polar surface area (TPSA) is 45.2 Å². The van der Waals surface area contributed by atoms with E-state index in [1.165, 1.54) is 19.0 Å². The number of carbonyl (C=O) groups excluding carboxylic acids is 1. The number of carbonyl (C=O) groups is 1. The SMILES string of the molecule is CN(C(=O)c1ccncc1Cl)C1CC2CCC(C1)N2. The van der Waals surface area contributed by atoms with Gasteiger partial charge in [0.1, 0.15) is 0 Å². The molecular formula is C14H18ClN3O. The number of pyridine rings is 1. The second-order valence-corrected chi connectivity index (χ2v) is 5.94. The standard InChI is InChI=1S/C14H18ClN3O/c1-18(11-6-9-2-3-10(7-11)17-9)14(19)12-4-5-16-8-13(12)15/h4-5,8-11,17H,2-3,6-7H2,1H3. The van der Waals surface area contributed by atoms with Gasteiger partial charge in [0.15, 0.2) is 0 Å². The number of aromatic nitrogens is 1. The van der Waals surface area contributed by atoms with Gasteiger partial charge in [-0.2, -0.15) is 0 Å². The number of fused-ring (bicyclic) bond motifs is 2. The first kappa shape index (κ1) is 12.9. The summed E-state index contributed by atoms with van der Waals surface area (Å²) in [4.78, 5) is 18.3. The molecule has 2 aliphatic rings. The van der Waals surface area contributed by atoms with Crippen molar-refractivity contribution in [1.82, 2.24) is 15.2 Å². The Morgan fingerprint density at radius 3 is 2.74 bits per heavy atom. The zero-order valence-electron chi connectivity index (χ0n) is 11.0. The van der Waals surface area contributed by atoms with Gasteiger partial charge in [-0.25, -0.2) is 0 Å². The summed E-state index contributed by atoms with van der Waals surface area (Å²) in [6.07, 6.45) is 7.69. The lowest BCUT2D eigenvalue weighted by Crippen LogP contribution is -2.48. The number of nitrogens with one attached hydrogen (secondary N) is 1. The Morgan fingerprint density at radius 2 is 2.11 bits per heavy atom. The average Bonchev–Trinajstić information content (AvgIpc) is 2.76. The first-order valence-corrected chi connectivity index (χ1v) is 7.15. The van der Waals surface area contributed by atoms with Crippen LogP contribution in [0.3, 0.4) is 0 Å². The molecule has 2 atom stereocenters. The van der Waals surface area contributed by atoms with Gasteiger partial charge in [0.2, 0.25) is 0 Å². The molecule has 3 rings (SSSR count). The molecule has 19 heavy (non-hydrogen) atoms. The predicted octanol–water partition coefficient (Wildman–Crippen LogP) is 2.09. The van der Waals surface area contributed by atoms with Crippen LogP contribution in [-0.4, -0.2) is 41.0 Å². The number of rotatable bonds is 2. The van der Waals surface area contributed by atoms with E-state index in [-0.39, 0.29) is 5.91 Å². The molecule has 4 nitrogen and oxygen atoms in total. The molecule has 2 saturated heterocycles. The Morgan fingerprint density at radius 1 is 1.42 bits per heavy atom. The summed E-state index contributed by atoms with van der Waals surface area (Å²) >= 11 is 6.05. The first-order valence-electron chi connectivity index (χ1n) is 6.78. The summed E-state index contributed by atoms with van der Waals surface area (Å²) < 4.78 is 0. The molecule has 1 aromatic heterocycles. The van der Waals surface area contributed by atoms with Gasteiger partial charge < -0.3 is 10.2 Å². The number of halogens is 1. The summed E-state index contributed by atoms with van der Waals surface area (Å²) in [5.74, 6) is -0.00120. The maximum atomic E-state index is 12.5. The van der Waals surface area contributed by atoms with Gasteiger partial charge >= 0.3 is 0 Å². The van der Waals surface area contributed by atoms with Crippen molar-refractivity contribution in [3.8, 4) is 0 Å². The van der Waals surface area contributed by atoms with Crippen LogP contribution in [0.2, 0.25) is 5.02 Å². The summed E-state index contributed by atoms with van der Waals surface area (Å²) in [7, 11) is 1.88. The summed E-state index contributed by atoms with van der Waals surface area (Å²) in [6, 6.07) is 3.16. The van der Waals surface area contributed by atoms with Crippen LogP contribution >= 0.6 is 11.6 Å². The third-order valence-corrected chi connectivity index (χ3v) is 4.62. The highest BCUT2D eigenvalue weighted by Gasteiger charge is 2.36. The summed E-state index contributed by atoms with van der Waals surface area (Å²) in [5.41, 5.74) is 0.546. The molecule has 102 valence electrons. The fourth-order valence-corrected chi connectivity index (χ4v) is 3.45. The lowest BCUT2D eigenvalue weighted by molar-refractivity contribution is 0.0682. The van der Waals surface area contributed by atoms with Crippen LogP contribution in [0.1, 0.15) is 36.0 Å². The molecule has 0 saturated carbocycles. The zero-order valence-corrected chi connectivity index (χ0v) is 11.7. The van der Waals surface area contributed by atoms with E-state index in [4.69, 9.17) is 11.6 Å². The molecule has 2 fully saturated rings. The number of hydrogen-bond acceptors (Lipinski definition) is 3. The van der Waals surface area contributed by atoms with Crippen molar-refractivity contribution >= 4 is 17.5 Å². The van der Waals surface area contributed by atoms with Crippen molar-refractivity contribution in [2.45, 2.75) is 43.8 Å². The second kappa shape index (κ2) is 5.10. The quantitative estimate of drug-likeness (QED) is 0.902. The van der Waals surface area contributed by atoms with Crippen molar-refractivity contribution < 1.29 is 4.79 Å². The van der Waals surface area contributed by atoms with E-state index in [1.807, 2.05) is 11.9 Å². The van der Waals surface area contributed by atoms with E-state index < -0.39 is 0 Å². The largest absolute Gasteiger partial charge is 0.339 e. The zero-order chi connectivity index (χ0) is 13.4. The third kappa shape index (κ3) is 2.47. The molecule has 1 N–H and O–H groups in total. The molecule has 0 aromatic carbocycles. The predicted molar refractivity (Wildman–Crippen MR) is 74.3 cm³/mol. The van der Waals surface area contributed by atoms with Crippen LogP contribution in [0.15, 0.2) is 18.5 Å². The van der Waals surface area contributed by atoms with Gasteiger partial charge in [-0.05, 0) is 31.7 Å². The minimum absolute atomic E-state index is 0.00120. The summed E-state index contributed by atoms with van der Waals surface area (Å²) in [5, 5.41) is 4.02. The van der Waals surface area contributed by atoms with Crippen LogP contribution < -0.4 is 5.32 Å². The molecule has 0 aliphatic carbocycles. The van der Waals surface area contributed by atoms with Crippen LogP contribution in [-0.2, 0) is 0 Å². The third-order valence-electron chi connectivity index (χ3n) is 4.32. The van der Waals surface area contributed by atoms with Gasteiger partial charge in [-0.1, -0.05) is 11.6 Å². The molecule has 3 heterocycles. The van der Waals surface area contributed by atoms with E-state index in [1.54, 1.807) is 12.3 Å². The highest BCUT2D eigenvalue weighted by Crippen LogP contribution is 2.30. The van der Waals surface area contributed by atoms with Crippen molar-refractivity contribution in [1.29, 1.82) is 0 Å². The minimum Gasteiger partial charge on any atom is -0.339 e. The number of hydrogen-bond donors (Lipinski definition) is 1. The van der Waals surface area contributed by atoms with Crippen LogP contribution in [0.4, 0.5) is 0 Å². The molecule has 0 spiro atoms. The van der Waals surface area contributed by atoms with E-state index in [9.17, 15) is 4.79 Å². The highest BCUT2D eigenvalue weighted by atomic mass is 35.5. The molecule has 1 amide bonds. The monoisotopic (exact) mass is 279 g/mol. The highest BCUT2D eigenvalue weighted by molar-refractivity contribution is 6.33. The van der Waals surface area contributed by atoms with Crippen molar-refractivity contribution in [3.05, 3.63) is 29.0 Å². The maximum Gasteiger partial charge on any atom is 0.255 e. The number of piperidine rings is 1. The first-order chi connectivity index (χ1) is 9.15. The van der Waals surface area contributed by atoms with Crippen molar-refractivity contribution in [2.75, 3.05) is 7.05 Å². The average molecular weight is 280 g/mol. The summed E-state index contributed by atoms with van der Waals surface area (Å²) in [6.45, 7) is 0. The van der Waals surface area contributed by atoms with Crippen LogP contribution in [0.5, 0.6) is 0 Å². The Bertz CT molecular complexity index is 481. The van der Waals surface area contributed by atoms with Gasteiger partial charge in [-0.15, -0.1) is 0 Å². The molecule has 2 unspecified atom stereocenters. The normalized spacial score (nSPS) is 29.3. The maximum absolute atomic E-state index is 12.5. The Labute approximate surface area is 118 Å². The van der Waals surface area contributed by atoms with Gasteiger partial charge in [0.25, 0.3) is 5.91 Å². The lowest BCUT2D eigenvalue weighted by Gasteiger charge is -2.35. The van der Waals surface area contributed by atoms with Gasteiger partial charge in [-0.3, -0.25) is 9.78 Å². The smallest absolute Gasteiger partial charge is 0.255 e. The van der Waals surface area contributed by atoms with E-state index in [0.29, 0.717) is 28.7 Å². The van der Waals surface area contributed by atoms with Crippen LogP contribution in [0, 0.1) is 0 Å². The Hall–Kier alpha value is -1.13. The van der Waals surface area contributed by atoms with Gasteiger partial charge in [0.05, 0.1) is 10.6 Å². The molecular weight excluding hydrogens is 262 g/mol. The fourth-order valence-electron chi connectivity index (χ4n) is 3.25. The lowest BCUT2D eigenvalue weighted by atomic mass is 9.98. The number of amides is 1. The van der Waals surface area contributed by atoms with E-state index >= 15 is 0 Å². The molecule has 2 bridgehead atoms. The fraction of sp³-hybridized carbons (Fsp3) is 0.571. The minimum atomic E-state index is -0.00120. The molecule has 0 radical (unpaired) electrons. The van der Waals surface area contributed by atoms with Crippen LogP contribution in [0.25, 0.3) is 0 Å². The van der Waals surface area contributed by atoms with E-state index in [0.717, 1.165) is 12.8 Å². The van der Waals surface area contributed by atoms with Crippen molar-refractivity contribution in [2.24, 2.45) is 0 Å². The number of nitrogens with zero attached hydrogens (tertiary/aromatic N) is 2. The van der Waals surface area contributed by atoms with E-state index in [2.05, 4.69) is 10.3 Å². The Balaban J connectivity index is 1.75. The molecule has 2 aliphatic heterocycles. The second-order valence-electron chi connectivity index (χ2n) is 5.53. The molecule has 1 aromatic rings. The van der Waals surface area contributed by atoms with Crippen molar-refractivity contribution in [3.63, 3.8) is 0 Å². The van der Waals surface area contributed by atoms with Gasteiger partial charge in [0, 0.05) is 37.6 Å².